The van der Waals surface area contributed by atoms with Crippen LogP contribution in [0.15, 0.2) is 23.0 Å². The van der Waals surface area contributed by atoms with Crippen LogP contribution in [-0.2, 0) is 6.54 Å². The molecule has 8 heteroatoms. The van der Waals surface area contributed by atoms with Gasteiger partial charge in [-0.2, -0.15) is 4.98 Å². The molecular weight excluding hydrogens is 320 g/mol. The van der Waals surface area contributed by atoms with E-state index in [4.69, 9.17) is 4.52 Å². The van der Waals surface area contributed by atoms with E-state index in [1.54, 1.807) is 19.1 Å². The Bertz CT molecular complexity index is 891. The molecule has 0 saturated heterocycles. The van der Waals surface area contributed by atoms with Crippen LogP contribution >= 0.6 is 0 Å². The van der Waals surface area contributed by atoms with Gasteiger partial charge in [-0.15, -0.1) is 0 Å². The average molecular weight is 340 g/mol. The number of hydrogen-bond donors (Lipinski definition) is 2. The minimum Gasteiger partial charge on any atom is -0.506 e. The van der Waals surface area contributed by atoms with Crippen molar-refractivity contribution in [3.8, 4) is 17.2 Å². The zero-order valence-corrected chi connectivity index (χ0v) is 14.6. The summed E-state index contributed by atoms with van der Waals surface area (Å²) in [5.74, 6) is 2.16. The Kier molecular flexibility index (Phi) is 4.60. The molecule has 0 aromatic carbocycles. The van der Waals surface area contributed by atoms with Gasteiger partial charge in [0.25, 0.3) is 0 Å². The molecule has 0 atom stereocenters. The second-order valence-corrected chi connectivity index (χ2v) is 6.05. The summed E-state index contributed by atoms with van der Waals surface area (Å²) in [6, 6.07) is 3.29. The van der Waals surface area contributed by atoms with Gasteiger partial charge in [0, 0.05) is 18.0 Å². The van der Waals surface area contributed by atoms with Gasteiger partial charge in [0.15, 0.2) is 5.76 Å². The molecule has 0 bridgehead atoms. The van der Waals surface area contributed by atoms with Crippen molar-refractivity contribution in [1.82, 2.24) is 25.1 Å². The third-order valence-corrected chi connectivity index (χ3v) is 3.81. The summed E-state index contributed by atoms with van der Waals surface area (Å²) in [7, 11) is 0. The smallest absolute Gasteiger partial charge is 0.226 e. The van der Waals surface area contributed by atoms with Crippen molar-refractivity contribution in [3.63, 3.8) is 0 Å². The molecule has 2 N–H and O–H groups in total. The molecule has 0 unspecified atom stereocenters. The van der Waals surface area contributed by atoms with Crippen molar-refractivity contribution in [3.05, 3.63) is 41.2 Å². The van der Waals surface area contributed by atoms with Crippen molar-refractivity contribution in [2.45, 2.75) is 40.2 Å². The van der Waals surface area contributed by atoms with E-state index in [2.05, 4.69) is 30.4 Å². The Balaban J connectivity index is 1.85. The van der Waals surface area contributed by atoms with Crippen LogP contribution in [0.1, 0.15) is 42.5 Å². The van der Waals surface area contributed by atoms with E-state index < -0.39 is 0 Å². The highest BCUT2D eigenvalue weighted by Gasteiger charge is 2.17. The highest BCUT2D eigenvalue weighted by molar-refractivity contribution is 5.59. The lowest BCUT2D eigenvalue weighted by Crippen LogP contribution is -2.08. The normalized spacial score (nSPS) is 11.1. The maximum atomic E-state index is 9.64. The fraction of sp³-hybridized carbons (Fsp3) is 0.353. The Hall–Kier alpha value is -3.03. The first-order valence-electron chi connectivity index (χ1n) is 8.00. The summed E-state index contributed by atoms with van der Waals surface area (Å²) in [6.07, 6.45) is 1.50. The highest BCUT2D eigenvalue weighted by Crippen LogP contribution is 2.27. The van der Waals surface area contributed by atoms with Gasteiger partial charge in [-0.1, -0.05) is 19.0 Å². The number of nitrogens with zero attached hydrogens (tertiary/aromatic N) is 5. The first kappa shape index (κ1) is 16.8. The summed E-state index contributed by atoms with van der Waals surface area (Å²) in [5.41, 5.74) is 2.77. The SMILES string of the molecule is Cc1nc(-c2onc(C)c2CNc2ncnc(C(C)C)n2)ccc1O. The van der Waals surface area contributed by atoms with Crippen molar-refractivity contribution < 1.29 is 9.63 Å². The van der Waals surface area contributed by atoms with E-state index in [9.17, 15) is 5.11 Å². The summed E-state index contributed by atoms with van der Waals surface area (Å²) in [5, 5.41) is 16.9. The Morgan fingerprint density at radius 1 is 1.12 bits per heavy atom. The van der Waals surface area contributed by atoms with Crippen LogP contribution in [0, 0.1) is 13.8 Å². The third kappa shape index (κ3) is 3.57. The van der Waals surface area contributed by atoms with E-state index in [1.807, 2.05) is 20.8 Å². The second-order valence-electron chi connectivity index (χ2n) is 6.05. The van der Waals surface area contributed by atoms with Gasteiger partial charge in [0.1, 0.15) is 23.6 Å². The molecule has 0 spiro atoms. The zero-order valence-electron chi connectivity index (χ0n) is 14.6. The van der Waals surface area contributed by atoms with Crippen molar-refractivity contribution in [2.24, 2.45) is 0 Å². The highest BCUT2D eigenvalue weighted by atomic mass is 16.5. The van der Waals surface area contributed by atoms with Crippen molar-refractivity contribution >= 4 is 5.95 Å². The van der Waals surface area contributed by atoms with E-state index in [-0.39, 0.29) is 11.7 Å². The number of aryl methyl sites for hydroxylation is 2. The van der Waals surface area contributed by atoms with E-state index in [0.717, 1.165) is 17.1 Å². The minimum atomic E-state index is 0.145. The standard InChI is InChI=1S/C17H20N6O2/c1-9(2)16-19-8-20-17(22-16)18-7-12-10(3)23-25-15(12)13-5-6-14(24)11(4)21-13/h5-6,8-9,24H,7H2,1-4H3,(H,18,19,20,22). The van der Waals surface area contributed by atoms with E-state index in [1.165, 1.54) is 6.33 Å². The van der Waals surface area contributed by atoms with Crippen LogP contribution in [0.2, 0.25) is 0 Å². The second kappa shape index (κ2) is 6.84. The molecule has 0 aliphatic rings. The lowest BCUT2D eigenvalue weighted by Gasteiger charge is -2.08. The Labute approximate surface area is 145 Å². The first-order valence-corrected chi connectivity index (χ1v) is 8.00. The molecule has 3 heterocycles. The zero-order chi connectivity index (χ0) is 18.0. The van der Waals surface area contributed by atoms with Gasteiger partial charge in [-0.3, -0.25) is 0 Å². The summed E-state index contributed by atoms with van der Waals surface area (Å²) in [6.45, 7) is 8.09. The molecular formula is C17H20N6O2. The van der Waals surface area contributed by atoms with Crippen LogP contribution in [0.5, 0.6) is 5.75 Å². The fourth-order valence-electron chi connectivity index (χ4n) is 2.32. The molecule has 8 nitrogen and oxygen atoms in total. The van der Waals surface area contributed by atoms with Gasteiger partial charge in [0.05, 0.1) is 11.4 Å². The first-order chi connectivity index (χ1) is 12.0. The molecule has 0 amide bonds. The van der Waals surface area contributed by atoms with E-state index in [0.29, 0.717) is 29.6 Å². The predicted octanol–water partition coefficient (Wildman–Crippen LogP) is 2.98. The molecule has 130 valence electrons. The molecule has 0 aliphatic carbocycles. The van der Waals surface area contributed by atoms with Gasteiger partial charge in [-0.25, -0.2) is 15.0 Å². The maximum Gasteiger partial charge on any atom is 0.226 e. The molecule has 3 rings (SSSR count). The number of aromatic nitrogens is 5. The van der Waals surface area contributed by atoms with Crippen LogP contribution in [0.3, 0.4) is 0 Å². The molecule has 0 saturated carbocycles. The molecule has 3 aromatic heterocycles. The molecule has 3 aromatic rings. The number of nitrogens with one attached hydrogen (secondary N) is 1. The van der Waals surface area contributed by atoms with Gasteiger partial charge in [0.2, 0.25) is 5.95 Å². The molecule has 0 aliphatic heterocycles. The van der Waals surface area contributed by atoms with Gasteiger partial charge >= 0.3 is 0 Å². The number of aromatic hydroxyl groups is 1. The van der Waals surface area contributed by atoms with Gasteiger partial charge < -0.3 is 14.9 Å². The van der Waals surface area contributed by atoms with Crippen LogP contribution in [-0.4, -0.2) is 30.2 Å². The monoisotopic (exact) mass is 340 g/mol. The number of hydrogen-bond acceptors (Lipinski definition) is 8. The molecule has 0 fully saturated rings. The quantitative estimate of drug-likeness (QED) is 0.729. The van der Waals surface area contributed by atoms with Crippen molar-refractivity contribution in [1.29, 1.82) is 0 Å². The molecule has 0 radical (unpaired) electrons. The lowest BCUT2D eigenvalue weighted by molar-refractivity contribution is 0.425. The Morgan fingerprint density at radius 2 is 1.92 bits per heavy atom. The number of anilines is 1. The lowest BCUT2D eigenvalue weighted by atomic mass is 10.1. The average Bonchev–Trinajstić information content (AvgIpc) is 2.96. The summed E-state index contributed by atoms with van der Waals surface area (Å²) in [4.78, 5) is 17.1. The topological polar surface area (TPSA) is 110 Å². The van der Waals surface area contributed by atoms with E-state index >= 15 is 0 Å². The summed E-state index contributed by atoms with van der Waals surface area (Å²) < 4.78 is 5.44. The van der Waals surface area contributed by atoms with Gasteiger partial charge in [-0.05, 0) is 26.0 Å². The van der Waals surface area contributed by atoms with Crippen LogP contribution in [0.25, 0.3) is 11.5 Å². The fourth-order valence-corrected chi connectivity index (χ4v) is 2.32. The summed E-state index contributed by atoms with van der Waals surface area (Å²) >= 11 is 0. The van der Waals surface area contributed by atoms with Crippen LogP contribution < -0.4 is 5.32 Å². The largest absolute Gasteiger partial charge is 0.506 e. The maximum absolute atomic E-state index is 9.64. The predicted molar refractivity (Wildman–Crippen MR) is 92.1 cm³/mol. The van der Waals surface area contributed by atoms with Crippen LogP contribution in [0.4, 0.5) is 5.95 Å². The minimum absolute atomic E-state index is 0.145. The number of rotatable bonds is 5. The third-order valence-electron chi connectivity index (χ3n) is 3.81. The van der Waals surface area contributed by atoms with Crippen molar-refractivity contribution in [2.75, 3.05) is 5.32 Å². The Morgan fingerprint density at radius 3 is 2.64 bits per heavy atom. The number of pyridine rings is 1. The molecule has 25 heavy (non-hydrogen) atoms.